The number of allylic oxidation sites excluding steroid dienone is 4. The van der Waals surface area contributed by atoms with Gasteiger partial charge in [-0.15, -0.1) is 0 Å². The maximum atomic E-state index is 5.17. The Hall–Kier alpha value is -7.05. The van der Waals surface area contributed by atoms with Crippen LogP contribution in [0, 0.1) is 0 Å². The second kappa shape index (κ2) is 11.8. The molecule has 0 bridgehead atoms. The quantitative estimate of drug-likeness (QED) is 0.182. The van der Waals surface area contributed by atoms with Crippen molar-refractivity contribution in [3.8, 4) is 28.7 Å². The molecule has 4 aromatic heterocycles. The predicted molar refractivity (Wildman–Crippen MR) is 216 cm³/mol. The van der Waals surface area contributed by atoms with E-state index >= 15 is 0 Å². The van der Waals surface area contributed by atoms with Gasteiger partial charge in [0.15, 0.2) is 5.82 Å². The molecule has 0 spiro atoms. The fourth-order valence-corrected chi connectivity index (χ4v) is 8.21. The van der Waals surface area contributed by atoms with E-state index in [1.165, 1.54) is 27.2 Å². The number of para-hydroxylation sites is 3. The van der Waals surface area contributed by atoms with Crippen molar-refractivity contribution in [2.24, 2.45) is 0 Å². The number of hydrogen-bond acceptors (Lipinski definition) is 3. The highest BCUT2D eigenvalue weighted by atomic mass is 15.2. The highest BCUT2D eigenvalue weighted by Gasteiger charge is 2.22. The van der Waals surface area contributed by atoms with Gasteiger partial charge in [-0.3, -0.25) is 4.57 Å². The van der Waals surface area contributed by atoms with Crippen LogP contribution in [-0.2, 0) is 0 Å². The average molecular weight is 681 g/mol. The van der Waals surface area contributed by atoms with Gasteiger partial charge in [0.05, 0.1) is 27.6 Å². The van der Waals surface area contributed by atoms with Gasteiger partial charge in [0.1, 0.15) is 5.82 Å². The zero-order valence-corrected chi connectivity index (χ0v) is 28.7. The highest BCUT2D eigenvalue weighted by molar-refractivity contribution is 6.18. The fourth-order valence-electron chi connectivity index (χ4n) is 8.21. The molecule has 0 fully saturated rings. The largest absolute Gasteiger partial charge is 0.316 e. The zero-order chi connectivity index (χ0) is 34.9. The van der Waals surface area contributed by atoms with Crippen LogP contribution in [0.5, 0.6) is 0 Å². The van der Waals surface area contributed by atoms with E-state index in [-0.39, 0.29) is 5.92 Å². The SMILES string of the molecule is C1=CCC(c2nc(-c3ccccc3)nc(-n3c4ccccc4c4cc(-n5ccc6c5ccc5c7ccccc7n(-c7ccccc7)c56)ccc43)n2)C=C1. The summed E-state index contributed by atoms with van der Waals surface area (Å²) in [5.41, 5.74) is 8.90. The number of benzene rings is 6. The summed E-state index contributed by atoms with van der Waals surface area (Å²) in [6.45, 7) is 0. The maximum Gasteiger partial charge on any atom is 0.238 e. The smallest absolute Gasteiger partial charge is 0.238 e. The lowest BCUT2D eigenvalue weighted by atomic mass is 10.00. The second-order valence-electron chi connectivity index (χ2n) is 13.7. The minimum Gasteiger partial charge on any atom is -0.316 e. The van der Waals surface area contributed by atoms with Crippen molar-refractivity contribution in [1.29, 1.82) is 0 Å². The molecule has 0 radical (unpaired) electrons. The molecule has 0 saturated heterocycles. The Morgan fingerprint density at radius 1 is 0.491 bits per heavy atom. The van der Waals surface area contributed by atoms with Crippen LogP contribution in [-0.4, -0.2) is 28.7 Å². The molecule has 0 N–H and O–H groups in total. The molecule has 6 aromatic carbocycles. The lowest BCUT2D eigenvalue weighted by molar-refractivity contribution is 0.750. The van der Waals surface area contributed by atoms with Crippen molar-refractivity contribution >= 4 is 54.5 Å². The summed E-state index contributed by atoms with van der Waals surface area (Å²) in [6, 6.07) is 51.6. The third-order valence-corrected chi connectivity index (χ3v) is 10.6. The summed E-state index contributed by atoms with van der Waals surface area (Å²) in [7, 11) is 0. The average Bonchev–Trinajstić information content (AvgIpc) is 3.92. The van der Waals surface area contributed by atoms with Gasteiger partial charge in [-0.1, -0.05) is 115 Å². The monoisotopic (exact) mass is 680 g/mol. The van der Waals surface area contributed by atoms with Gasteiger partial charge in [-0.2, -0.15) is 9.97 Å². The summed E-state index contributed by atoms with van der Waals surface area (Å²) >= 11 is 0. The number of rotatable bonds is 5. The van der Waals surface area contributed by atoms with Gasteiger partial charge in [-0.05, 0) is 61.0 Å². The van der Waals surface area contributed by atoms with Crippen molar-refractivity contribution in [3.05, 3.63) is 182 Å². The van der Waals surface area contributed by atoms with E-state index in [1.54, 1.807) is 0 Å². The summed E-state index contributed by atoms with van der Waals surface area (Å²) < 4.78 is 6.91. The second-order valence-corrected chi connectivity index (χ2v) is 13.7. The first-order valence-corrected chi connectivity index (χ1v) is 18.1. The fraction of sp³-hybridized carbons (Fsp3) is 0.0426. The van der Waals surface area contributed by atoms with Crippen LogP contribution >= 0.6 is 0 Å². The van der Waals surface area contributed by atoms with Gasteiger partial charge >= 0.3 is 0 Å². The third kappa shape index (κ3) is 4.62. The number of fused-ring (bicyclic) bond motifs is 8. The van der Waals surface area contributed by atoms with E-state index in [2.05, 4.69) is 172 Å². The van der Waals surface area contributed by atoms with Crippen LogP contribution in [0.3, 0.4) is 0 Å². The number of nitrogens with zero attached hydrogens (tertiary/aromatic N) is 6. The summed E-state index contributed by atoms with van der Waals surface area (Å²) in [4.78, 5) is 15.3. The molecule has 0 amide bonds. The Morgan fingerprint density at radius 3 is 1.98 bits per heavy atom. The molecule has 4 heterocycles. The minimum atomic E-state index is 0.0815. The topological polar surface area (TPSA) is 53.5 Å². The van der Waals surface area contributed by atoms with Crippen LogP contribution in [0.2, 0.25) is 0 Å². The van der Waals surface area contributed by atoms with Crippen molar-refractivity contribution in [2.45, 2.75) is 12.3 Å². The van der Waals surface area contributed by atoms with E-state index < -0.39 is 0 Å². The molecule has 0 aliphatic heterocycles. The van der Waals surface area contributed by atoms with E-state index in [0.29, 0.717) is 11.8 Å². The highest BCUT2D eigenvalue weighted by Crippen LogP contribution is 2.39. The normalized spacial score (nSPS) is 14.4. The van der Waals surface area contributed by atoms with E-state index in [0.717, 1.165) is 56.5 Å². The molecule has 1 aliphatic carbocycles. The molecule has 6 heteroatoms. The van der Waals surface area contributed by atoms with Crippen LogP contribution < -0.4 is 0 Å². The molecule has 1 aliphatic rings. The van der Waals surface area contributed by atoms with Crippen molar-refractivity contribution in [2.75, 3.05) is 0 Å². The van der Waals surface area contributed by atoms with Gasteiger partial charge in [0, 0.05) is 56.0 Å². The molecular formula is C47H32N6. The molecule has 0 saturated carbocycles. The summed E-state index contributed by atoms with van der Waals surface area (Å²) in [5.74, 6) is 2.15. The Balaban J connectivity index is 1.12. The minimum absolute atomic E-state index is 0.0815. The Bertz CT molecular complexity index is 3090. The summed E-state index contributed by atoms with van der Waals surface area (Å²) in [5, 5.41) is 6.00. The van der Waals surface area contributed by atoms with Crippen molar-refractivity contribution in [3.63, 3.8) is 0 Å². The van der Waals surface area contributed by atoms with Crippen molar-refractivity contribution < 1.29 is 0 Å². The summed E-state index contributed by atoms with van der Waals surface area (Å²) in [6.07, 6.45) is 11.6. The first kappa shape index (κ1) is 29.7. The standard InChI is InChI=1S/C47H32N6/c1-4-14-31(15-5-1)45-48-46(32-16-6-2-7-17-32)50-47(49-45)53-42-23-13-11-21-36(42)39-30-34(24-26-43(39)53)51-29-28-38-40(51)27-25-37-35-20-10-12-22-41(35)52(44(37)38)33-18-8-3-9-19-33/h1-16,18-30,32H,17H2. The Kier molecular flexibility index (Phi) is 6.58. The zero-order valence-electron chi connectivity index (χ0n) is 28.7. The van der Waals surface area contributed by atoms with Gasteiger partial charge in [0.2, 0.25) is 5.95 Å². The molecular weight excluding hydrogens is 649 g/mol. The van der Waals surface area contributed by atoms with E-state index in [4.69, 9.17) is 15.0 Å². The lowest BCUT2D eigenvalue weighted by Crippen LogP contribution is -2.11. The van der Waals surface area contributed by atoms with Crippen molar-refractivity contribution in [1.82, 2.24) is 28.7 Å². The molecule has 1 atom stereocenters. The lowest BCUT2D eigenvalue weighted by Gasteiger charge is -2.15. The van der Waals surface area contributed by atoms with Gasteiger partial charge in [0.25, 0.3) is 0 Å². The number of hydrogen-bond donors (Lipinski definition) is 0. The number of aromatic nitrogens is 6. The van der Waals surface area contributed by atoms with Crippen LogP contribution in [0.4, 0.5) is 0 Å². The molecule has 53 heavy (non-hydrogen) atoms. The van der Waals surface area contributed by atoms with Gasteiger partial charge in [-0.25, -0.2) is 4.98 Å². The third-order valence-electron chi connectivity index (χ3n) is 10.6. The molecule has 250 valence electrons. The molecule has 6 nitrogen and oxygen atoms in total. The predicted octanol–water partition coefficient (Wildman–Crippen LogP) is 11.3. The molecule has 10 aromatic rings. The first-order valence-electron chi connectivity index (χ1n) is 18.1. The Morgan fingerprint density at radius 2 is 1.19 bits per heavy atom. The van der Waals surface area contributed by atoms with Crippen LogP contribution in [0.1, 0.15) is 18.2 Å². The first-order chi connectivity index (χ1) is 26.3. The Labute approximate surface area is 305 Å². The molecule has 11 rings (SSSR count). The van der Waals surface area contributed by atoms with Gasteiger partial charge < -0.3 is 9.13 Å². The van der Waals surface area contributed by atoms with Crippen LogP contribution in [0.25, 0.3) is 83.2 Å². The van der Waals surface area contributed by atoms with E-state index in [1.807, 2.05) is 18.2 Å². The van der Waals surface area contributed by atoms with E-state index in [9.17, 15) is 0 Å². The maximum absolute atomic E-state index is 5.17. The van der Waals surface area contributed by atoms with Crippen LogP contribution in [0.15, 0.2) is 176 Å². The molecule has 1 unspecified atom stereocenters.